The number of rotatable bonds is 6. The van der Waals surface area contributed by atoms with Gasteiger partial charge in [-0.1, -0.05) is 31.2 Å². The fraction of sp³-hybridized carbons (Fsp3) is 0.429. The lowest BCUT2D eigenvalue weighted by molar-refractivity contribution is 0.106. The van der Waals surface area contributed by atoms with E-state index in [0.717, 1.165) is 18.7 Å². The summed E-state index contributed by atoms with van der Waals surface area (Å²) >= 11 is 0. The van der Waals surface area contributed by atoms with Crippen LogP contribution in [0, 0.1) is 0 Å². The van der Waals surface area contributed by atoms with E-state index in [-0.39, 0.29) is 0 Å². The molecule has 0 heterocycles. The fourth-order valence-corrected chi connectivity index (χ4v) is 1.95. The Balaban J connectivity index is 1.90. The summed E-state index contributed by atoms with van der Waals surface area (Å²) in [5.41, 5.74) is 2.45. The molecule has 1 atom stereocenters. The van der Waals surface area contributed by atoms with Crippen LogP contribution in [0.1, 0.15) is 18.1 Å². The number of ether oxygens (including phenoxy) is 1. The lowest BCUT2D eigenvalue weighted by atomic mass is 10.1. The number of aliphatic hydroxyl groups is 1. The lowest BCUT2D eigenvalue weighted by Crippen LogP contribution is -2.31. The largest absolute Gasteiger partial charge is 0.491 e. The minimum Gasteiger partial charge on any atom is -0.491 e. The van der Waals surface area contributed by atoms with Crippen LogP contribution in [0.5, 0.6) is 5.75 Å². The summed E-state index contributed by atoms with van der Waals surface area (Å²) < 4.78 is 5.68. The van der Waals surface area contributed by atoms with Crippen LogP contribution in [0.15, 0.2) is 24.3 Å². The van der Waals surface area contributed by atoms with Crippen LogP contribution in [-0.4, -0.2) is 30.9 Å². The van der Waals surface area contributed by atoms with Crippen LogP contribution in [-0.2, 0) is 6.42 Å². The van der Waals surface area contributed by atoms with E-state index in [1.807, 2.05) is 19.1 Å². The number of nitrogens with one attached hydrogen (secondary N) is 1. The quantitative estimate of drug-likeness (QED) is 0.784. The molecule has 0 saturated heterocycles. The van der Waals surface area contributed by atoms with Gasteiger partial charge < -0.3 is 15.2 Å². The molecule has 0 spiro atoms. The maximum atomic E-state index is 9.69. The lowest BCUT2D eigenvalue weighted by Gasteiger charge is -2.14. The second-order valence-corrected chi connectivity index (χ2v) is 4.20. The fourth-order valence-electron chi connectivity index (χ4n) is 1.95. The highest BCUT2D eigenvalue weighted by Gasteiger charge is 2.12. The minimum absolute atomic E-state index is 0.337. The molecule has 3 heteroatoms. The van der Waals surface area contributed by atoms with Crippen molar-refractivity contribution in [2.24, 2.45) is 0 Å². The smallest absolute Gasteiger partial charge is 0.123 e. The predicted molar refractivity (Wildman–Crippen MR) is 69.2 cm³/mol. The number of likely N-dealkylation sites (N-methyl/N-ethyl adjacent to an activating group) is 1. The first-order chi connectivity index (χ1) is 8.31. The van der Waals surface area contributed by atoms with Gasteiger partial charge in [-0.3, -0.25) is 0 Å². The van der Waals surface area contributed by atoms with E-state index in [2.05, 4.69) is 23.5 Å². The van der Waals surface area contributed by atoms with Gasteiger partial charge in [0.2, 0.25) is 0 Å². The summed E-state index contributed by atoms with van der Waals surface area (Å²) in [6.45, 7) is 3.79. The van der Waals surface area contributed by atoms with E-state index in [1.165, 1.54) is 11.1 Å². The molecule has 1 aromatic carbocycles. The van der Waals surface area contributed by atoms with Crippen molar-refractivity contribution in [3.05, 3.63) is 35.4 Å². The average Bonchev–Trinajstić information content (AvgIpc) is 2.82. The molecule has 0 fully saturated rings. The molecule has 0 aliphatic heterocycles. The molecule has 2 N–H and O–H groups in total. The molecule has 0 aromatic heterocycles. The zero-order valence-corrected chi connectivity index (χ0v) is 10.1. The Labute approximate surface area is 102 Å². The van der Waals surface area contributed by atoms with Crippen LogP contribution in [0.4, 0.5) is 0 Å². The highest BCUT2D eigenvalue weighted by molar-refractivity contribution is 5.63. The average molecular weight is 233 g/mol. The van der Waals surface area contributed by atoms with Gasteiger partial charge in [-0.2, -0.15) is 0 Å². The van der Waals surface area contributed by atoms with Crippen molar-refractivity contribution in [2.45, 2.75) is 19.4 Å². The third-order valence-corrected chi connectivity index (χ3v) is 2.85. The number of hydrogen-bond donors (Lipinski definition) is 2. The van der Waals surface area contributed by atoms with E-state index in [9.17, 15) is 5.11 Å². The van der Waals surface area contributed by atoms with Crippen molar-refractivity contribution >= 4 is 6.08 Å². The van der Waals surface area contributed by atoms with Gasteiger partial charge in [0.25, 0.3) is 0 Å². The summed E-state index contributed by atoms with van der Waals surface area (Å²) in [5.74, 6) is 0.892. The molecule has 0 saturated carbocycles. The first-order valence-electron chi connectivity index (χ1n) is 6.11. The van der Waals surface area contributed by atoms with Gasteiger partial charge in [0.05, 0.1) is 0 Å². The van der Waals surface area contributed by atoms with Crippen molar-refractivity contribution < 1.29 is 9.84 Å². The second kappa shape index (κ2) is 5.84. The number of fused-ring (bicyclic) bond motifs is 1. The Morgan fingerprint density at radius 1 is 1.47 bits per heavy atom. The molecule has 0 radical (unpaired) electrons. The van der Waals surface area contributed by atoms with Crippen LogP contribution >= 0.6 is 0 Å². The zero-order chi connectivity index (χ0) is 12.1. The number of aliphatic hydroxyl groups excluding tert-OH is 1. The van der Waals surface area contributed by atoms with Gasteiger partial charge in [-0.25, -0.2) is 0 Å². The second-order valence-electron chi connectivity index (χ2n) is 4.20. The van der Waals surface area contributed by atoms with Crippen molar-refractivity contribution in [1.29, 1.82) is 0 Å². The van der Waals surface area contributed by atoms with Crippen LogP contribution < -0.4 is 10.1 Å². The standard InChI is InChI=1S/C14H19NO2/c1-2-15-9-12(16)10-17-14-8-4-6-11-5-3-7-13(11)14/h3-6,8,12,15-16H,2,7,9-10H2,1H3. The molecule has 1 aliphatic carbocycles. The molecule has 1 aliphatic rings. The van der Waals surface area contributed by atoms with Gasteiger partial charge in [0.15, 0.2) is 0 Å². The molecular formula is C14H19NO2. The number of allylic oxidation sites excluding steroid dienone is 1. The van der Waals surface area contributed by atoms with Crippen molar-refractivity contribution in [3.8, 4) is 5.75 Å². The molecule has 0 amide bonds. The molecule has 2 rings (SSSR count). The first-order valence-corrected chi connectivity index (χ1v) is 6.11. The monoisotopic (exact) mass is 233 g/mol. The summed E-state index contributed by atoms with van der Waals surface area (Å²) in [7, 11) is 0. The Hall–Kier alpha value is -1.32. The predicted octanol–water partition coefficient (Wildman–Crippen LogP) is 1.61. The van der Waals surface area contributed by atoms with E-state index in [1.54, 1.807) is 0 Å². The molecule has 3 nitrogen and oxygen atoms in total. The molecular weight excluding hydrogens is 214 g/mol. The molecule has 17 heavy (non-hydrogen) atoms. The van der Waals surface area contributed by atoms with Crippen LogP contribution in [0.2, 0.25) is 0 Å². The number of benzene rings is 1. The van der Waals surface area contributed by atoms with Gasteiger partial charge >= 0.3 is 0 Å². The topological polar surface area (TPSA) is 41.5 Å². The van der Waals surface area contributed by atoms with Gasteiger partial charge in [0.1, 0.15) is 18.5 Å². The molecule has 1 unspecified atom stereocenters. The maximum Gasteiger partial charge on any atom is 0.123 e. The van der Waals surface area contributed by atoms with Gasteiger partial charge in [0, 0.05) is 12.1 Å². The third kappa shape index (κ3) is 3.08. The Morgan fingerprint density at radius 2 is 2.35 bits per heavy atom. The Bertz CT molecular complexity index is 401. The van der Waals surface area contributed by atoms with E-state index < -0.39 is 6.10 Å². The highest BCUT2D eigenvalue weighted by atomic mass is 16.5. The normalized spacial score (nSPS) is 14.7. The van der Waals surface area contributed by atoms with E-state index >= 15 is 0 Å². The van der Waals surface area contributed by atoms with E-state index in [0.29, 0.717) is 13.2 Å². The third-order valence-electron chi connectivity index (χ3n) is 2.85. The van der Waals surface area contributed by atoms with Gasteiger partial charge in [-0.05, 0) is 24.6 Å². The minimum atomic E-state index is -0.458. The van der Waals surface area contributed by atoms with Crippen LogP contribution in [0.25, 0.3) is 6.08 Å². The van der Waals surface area contributed by atoms with Crippen molar-refractivity contribution in [3.63, 3.8) is 0 Å². The zero-order valence-electron chi connectivity index (χ0n) is 10.1. The van der Waals surface area contributed by atoms with Crippen LogP contribution in [0.3, 0.4) is 0 Å². The summed E-state index contributed by atoms with van der Waals surface area (Å²) in [6, 6.07) is 6.03. The van der Waals surface area contributed by atoms with Crippen molar-refractivity contribution in [1.82, 2.24) is 5.32 Å². The molecule has 1 aromatic rings. The first kappa shape index (κ1) is 12.1. The van der Waals surface area contributed by atoms with Gasteiger partial charge in [-0.15, -0.1) is 0 Å². The maximum absolute atomic E-state index is 9.69. The Kier molecular flexibility index (Phi) is 4.18. The summed E-state index contributed by atoms with van der Waals surface area (Å²) in [6.07, 6.45) is 4.71. The Morgan fingerprint density at radius 3 is 3.18 bits per heavy atom. The molecule has 92 valence electrons. The SMILES string of the molecule is CCNCC(O)COc1cccc2c1CC=C2. The molecule has 0 bridgehead atoms. The summed E-state index contributed by atoms with van der Waals surface area (Å²) in [4.78, 5) is 0. The van der Waals surface area contributed by atoms with Crippen molar-refractivity contribution in [2.75, 3.05) is 19.7 Å². The highest BCUT2D eigenvalue weighted by Crippen LogP contribution is 2.28. The number of hydrogen-bond acceptors (Lipinski definition) is 3. The summed E-state index contributed by atoms with van der Waals surface area (Å²) in [5, 5.41) is 12.8. The van der Waals surface area contributed by atoms with E-state index in [4.69, 9.17) is 4.74 Å².